The molecular weight excluding hydrogens is 130 g/mol. The van der Waals surface area contributed by atoms with Gasteiger partial charge in [0.25, 0.3) is 0 Å². The molecular formula is C2H15N3O4. The molecule has 0 amide bonds. The fraction of sp³-hybridized carbons (Fsp3) is 0.500. The van der Waals surface area contributed by atoms with E-state index in [-0.39, 0.29) is 29.8 Å². The van der Waals surface area contributed by atoms with Crippen molar-refractivity contribution in [1.29, 1.82) is 0 Å². The highest BCUT2D eigenvalue weighted by Crippen LogP contribution is 1.43. The Labute approximate surface area is 52.6 Å². The molecule has 0 atom stereocenters. The summed E-state index contributed by atoms with van der Waals surface area (Å²) in [5, 5.41) is 7.60. The Morgan fingerprint density at radius 1 is 1.33 bits per heavy atom. The van der Waals surface area contributed by atoms with Crippen LogP contribution >= 0.6 is 0 Å². The van der Waals surface area contributed by atoms with Crippen LogP contribution in [0.5, 0.6) is 0 Å². The Balaban J connectivity index is -0.0000000133. The molecule has 13 N–H and O–H groups in total. The number of carbonyl (C=O) groups is 1. The molecule has 0 aromatic carbocycles. The Bertz CT molecular complexity index is 49.1. The van der Waals surface area contributed by atoms with Crippen molar-refractivity contribution in [1.82, 2.24) is 12.3 Å². The second kappa shape index (κ2) is 26.7. The van der Waals surface area contributed by atoms with Crippen LogP contribution in [0, 0.1) is 0 Å². The van der Waals surface area contributed by atoms with E-state index in [1.165, 1.54) is 0 Å². The number of carboxylic acid groups (broad SMARTS) is 1. The van der Waals surface area contributed by atoms with Crippen LogP contribution in [-0.2, 0) is 4.79 Å². The molecule has 0 aromatic rings. The van der Waals surface area contributed by atoms with Gasteiger partial charge in [-0.25, -0.2) is 0 Å². The first-order valence-corrected chi connectivity index (χ1v) is 1.19. The maximum atomic E-state index is 9.24. The maximum absolute atomic E-state index is 9.24. The number of hydrogen-bond acceptors (Lipinski definition) is 4. The van der Waals surface area contributed by atoms with Crippen LogP contribution in [0.4, 0.5) is 0 Å². The average molecular weight is 145 g/mol. The largest absolute Gasteiger partial charge is 0.480 e. The highest BCUT2D eigenvalue weighted by molar-refractivity contribution is 5.68. The van der Waals surface area contributed by atoms with Gasteiger partial charge in [0.15, 0.2) is 0 Å². The molecule has 62 valence electrons. The van der Waals surface area contributed by atoms with E-state index in [9.17, 15) is 4.79 Å². The third-order valence-corrected chi connectivity index (χ3v) is 0.175. The Kier molecular flexibility index (Phi) is 121. The van der Waals surface area contributed by atoms with Gasteiger partial charge in [-0.05, 0) is 0 Å². The first-order valence-electron chi connectivity index (χ1n) is 1.19. The quantitative estimate of drug-likeness (QED) is 0.321. The van der Waals surface area contributed by atoms with Gasteiger partial charge in [0.1, 0.15) is 0 Å². The zero-order valence-electron chi connectivity index (χ0n) is 5.05. The minimum absolute atomic E-state index is 0. The molecule has 0 spiro atoms. The second-order valence-electron chi connectivity index (χ2n) is 0.598. The van der Waals surface area contributed by atoms with Gasteiger partial charge in [-0.3, -0.25) is 4.79 Å². The fourth-order valence-corrected chi connectivity index (χ4v) is 0. The lowest BCUT2D eigenvalue weighted by atomic mass is 10.7. The molecule has 0 rings (SSSR count). The van der Waals surface area contributed by atoms with E-state index in [2.05, 4.69) is 5.73 Å². The van der Waals surface area contributed by atoms with Crippen molar-refractivity contribution >= 4 is 5.97 Å². The van der Waals surface area contributed by atoms with Gasteiger partial charge in [-0.2, -0.15) is 0 Å². The summed E-state index contributed by atoms with van der Waals surface area (Å²) in [6.07, 6.45) is 0. The van der Waals surface area contributed by atoms with Crippen LogP contribution in [0.1, 0.15) is 0 Å². The minimum Gasteiger partial charge on any atom is -0.480 e. The monoisotopic (exact) mass is 145 g/mol. The van der Waals surface area contributed by atoms with Crippen LogP contribution in [0.15, 0.2) is 0 Å². The molecule has 0 aliphatic heterocycles. The highest BCUT2D eigenvalue weighted by atomic mass is 16.4. The lowest BCUT2D eigenvalue weighted by molar-refractivity contribution is -0.135. The second-order valence-corrected chi connectivity index (χ2v) is 0.598. The van der Waals surface area contributed by atoms with E-state index in [0.29, 0.717) is 0 Å². The van der Waals surface area contributed by atoms with Crippen molar-refractivity contribution in [3.63, 3.8) is 0 Å². The maximum Gasteiger partial charge on any atom is 0.317 e. The number of hydrogen-bond donors (Lipinski definition) is 4. The van der Waals surface area contributed by atoms with E-state index >= 15 is 0 Å². The Morgan fingerprint density at radius 2 is 1.44 bits per heavy atom. The first-order chi connectivity index (χ1) is 2.27. The Morgan fingerprint density at radius 3 is 1.44 bits per heavy atom. The van der Waals surface area contributed by atoms with Crippen LogP contribution in [-0.4, -0.2) is 28.6 Å². The summed E-state index contributed by atoms with van der Waals surface area (Å²) in [6, 6.07) is 0. The molecule has 0 radical (unpaired) electrons. The van der Waals surface area contributed by atoms with E-state index in [1.807, 2.05) is 0 Å². The Hall–Kier alpha value is -0.730. The summed E-state index contributed by atoms with van der Waals surface area (Å²) in [4.78, 5) is 9.24. The molecule has 7 heteroatoms. The molecule has 7 nitrogen and oxygen atoms in total. The van der Waals surface area contributed by atoms with Gasteiger partial charge >= 0.3 is 5.97 Å². The summed E-state index contributed by atoms with van der Waals surface area (Å²) in [5.41, 5.74) is 4.57. The van der Waals surface area contributed by atoms with Crippen LogP contribution in [0.2, 0.25) is 0 Å². The van der Waals surface area contributed by atoms with Gasteiger partial charge in [0.2, 0.25) is 0 Å². The SMILES string of the molecule is N.N.NCC(=O)O.O.O. The van der Waals surface area contributed by atoms with Crippen LogP contribution in [0.3, 0.4) is 0 Å². The number of rotatable bonds is 1. The molecule has 0 saturated heterocycles. The van der Waals surface area contributed by atoms with Gasteiger partial charge in [-0.1, -0.05) is 0 Å². The molecule has 0 heterocycles. The normalized spacial score (nSPS) is 4.11. The molecule has 0 saturated carbocycles. The molecule has 9 heavy (non-hydrogen) atoms. The highest BCUT2D eigenvalue weighted by Gasteiger charge is 1.81. The van der Waals surface area contributed by atoms with Crippen molar-refractivity contribution in [2.24, 2.45) is 5.73 Å². The minimum atomic E-state index is -0.968. The smallest absolute Gasteiger partial charge is 0.317 e. The number of carboxylic acids is 1. The fourth-order valence-electron chi connectivity index (χ4n) is 0. The number of nitrogens with two attached hydrogens (primary N) is 1. The molecule has 0 bridgehead atoms. The van der Waals surface area contributed by atoms with Gasteiger partial charge in [0.05, 0.1) is 6.54 Å². The zero-order valence-corrected chi connectivity index (χ0v) is 5.05. The zero-order chi connectivity index (χ0) is 4.28. The molecule has 0 aromatic heterocycles. The standard InChI is InChI=1S/C2H5NO2.2H3N.2H2O/c3-1-2(4)5;;;;/h1,3H2,(H,4,5);2*1H3;2*1H2. The summed E-state index contributed by atoms with van der Waals surface area (Å²) in [5.74, 6) is -0.968. The van der Waals surface area contributed by atoms with Crippen molar-refractivity contribution < 1.29 is 20.9 Å². The van der Waals surface area contributed by atoms with Gasteiger partial charge in [0, 0.05) is 0 Å². The summed E-state index contributed by atoms with van der Waals surface area (Å²) >= 11 is 0. The van der Waals surface area contributed by atoms with E-state index < -0.39 is 5.97 Å². The lowest BCUT2D eigenvalue weighted by Gasteiger charge is -1.73. The van der Waals surface area contributed by atoms with Gasteiger partial charge in [-0.15, -0.1) is 0 Å². The lowest BCUT2D eigenvalue weighted by Crippen LogP contribution is -2.10. The van der Waals surface area contributed by atoms with E-state index in [0.717, 1.165) is 0 Å². The third-order valence-electron chi connectivity index (χ3n) is 0.175. The molecule has 0 aliphatic rings. The van der Waals surface area contributed by atoms with Crippen LogP contribution in [0.25, 0.3) is 0 Å². The molecule has 0 unspecified atom stereocenters. The predicted octanol–water partition coefficient (Wildman–Crippen LogP) is -2.30. The van der Waals surface area contributed by atoms with Crippen molar-refractivity contribution in [2.45, 2.75) is 0 Å². The molecule has 0 fully saturated rings. The summed E-state index contributed by atoms with van der Waals surface area (Å²) in [6.45, 7) is -0.278. The summed E-state index contributed by atoms with van der Waals surface area (Å²) in [7, 11) is 0. The van der Waals surface area contributed by atoms with Gasteiger partial charge < -0.3 is 34.1 Å². The third kappa shape index (κ3) is 125. The first kappa shape index (κ1) is 40.9. The predicted molar refractivity (Wildman–Crippen MR) is 34.0 cm³/mol. The van der Waals surface area contributed by atoms with Crippen molar-refractivity contribution in [3.05, 3.63) is 0 Å². The summed E-state index contributed by atoms with van der Waals surface area (Å²) < 4.78 is 0. The van der Waals surface area contributed by atoms with E-state index in [1.54, 1.807) is 0 Å². The van der Waals surface area contributed by atoms with Crippen molar-refractivity contribution in [2.75, 3.05) is 6.54 Å². The van der Waals surface area contributed by atoms with E-state index in [4.69, 9.17) is 5.11 Å². The topological polar surface area (TPSA) is 196 Å². The van der Waals surface area contributed by atoms with Crippen molar-refractivity contribution in [3.8, 4) is 0 Å². The average Bonchev–Trinajstić information content (AvgIpc) is 1.38. The van der Waals surface area contributed by atoms with Crippen LogP contribution < -0.4 is 18.0 Å². The molecule has 0 aliphatic carbocycles. The number of aliphatic carboxylic acids is 1.